The SMILES string of the molecule is CCC1CCCc2c(-c3cnc(C4CC(F)(F)CN4C(=O)CNC(=O)OC)[nH]3)ccc(-c3ccc(-c4cnc([C@@H]5CC(F)(F)CN5C(=O)C(NC(=O)OC)C(C)C)[nH]4)c4c3C3CCC4C3)c21. The highest BCUT2D eigenvalue weighted by Crippen LogP contribution is 2.59. The monoisotopic (exact) mass is 916 g/mol. The van der Waals surface area contributed by atoms with E-state index in [4.69, 9.17) is 4.74 Å². The average Bonchev–Trinajstić information content (AvgIpc) is 4.18. The van der Waals surface area contributed by atoms with Crippen LogP contribution < -0.4 is 10.6 Å². The molecule has 2 aromatic heterocycles. The number of carbonyl (C=O) groups excluding carboxylic acids is 4. The van der Waals surface area contributed by atoms with Crippen molar-refractivity contribution in [1.82, 2.24) is 40.4 Å². The van der Waals surface area contributed by atoms with E-state index in [0.717, 1.165) is 78.5 Å². The van der Waals surface area contributed by atoms with Gasteiger partial charge in [0.05, 0.1) is 63.2 Å². The molecule has 4 aromatic rings. The molecule has 0 radical (unpaired) electrons. The molecular weight excluding hydrogens is 861 g/mol. The number of hydrogen-bond donors (Lipinski definition) is 4. The van der Waals surface area contributed by atoms with E-state index in [1.807, 2.05) is 0 Å². The Hall–Kier alpha value is -5.94. The number of amides is 4. The Bertz CT molecular complexity index is 2560. The maximum Gasteiger partial charge on any atom is 0.407 e. The summed E-state index contributed by atoms with van der Waals surface area (Å²) in [5, 5.41) is 4.81. The zero-order chi connectivity index (χ0) is 46.8. The molecule has 3 aliphatic carbocycles. The van der Waals surface area contributed by atoms with E-state index in [1.165, 1.54) is 34.9 Å². The summed E-state index contributed by atoms with van der Waals surface area (Å²) < 4.78 is 69.4. The van der Waals surface area contributed by atoms with Gasteiger partial charge in [-0.25, -0.2) is 37.1 Å². The third-order valence-electron chi connectivity index (χ3n) is 14.6. The molecule has 14 nitrogen and oxygen atoms in total. The van der Waals surface area contributed by atoms with E-state index < -0.39 is 92.4 Å². The third kappa shape index (κ3) is 8.18. The van der Waals surface area contributed by atoms with Gasteiger partial charge in [-0.05, 0) is 102 Å². The maximum atomic E-state index is 15.2. The molecule has 2 aromatic carbocycles. The number of aromatic nitrogens is 4. The molecule has 1 saturated carbocycles. The zero-order valence-electron chi connectivity index (χ0n) is 37.7. The largest absolute Gasteiger partial charge is 0.453 e. The average molecular weight is 917 g/mol. The molecule has 352 valence electrons. The molecule has 2 aliphatic heterocycles. The Balaban J connectivity index is 1.05. The molecule has 6 atom stereocenters. The Morgan fingerprint density at radius 2 is 1.32 bits per heavy atom. The van der Waals surface area contributed by atoms with Crippen LogP contribution in [0.1, 0.15) is 136 Å². The van der Waals surface area contributed by atoms with E-state index in [9.17, 15) is 28.0 Å². The number of methoxy groups -OCH3 is 2. The predicted molar refractivity (Wildman–Crippen MR) is 235 cm³/mol. The van der Waals surface area contributed by atoms with Crippen LogP contribution in [0.4, 0.5) is 27.2 Å². The minimum Gasteiger partial charge on any atom is -0.453 e. The number of hydrogen-bond acceptors (Lipinski definition) is 8. The van der Waals surface area contributed by atoms with Gasteiger partial charge in [0.25, 0.3) is 11.8 Å². The fourth-order valence-corrected chi connectivity index (χ4v) is 11.6. The summed E-state index contributed by atoms with van der Waals surface area (Å²) >= 11 is 0. The van der Waals surface area contributed by atoms with Crippen LogP contribution in [-0.4, -0.2) is 105 Å². The van der Waals surface area contributed by atoms with Gasteiger partial charge in [0.15, 0.2) is 0 Å². The molecule has 4 N–H and O–H groups in total. The minimum atomic E-state index is -3.16. The van der Waals surface area contributed by atoms with Crippen LogP contribution in [0.2, 0.25) is 0 Å². The second-order valence-corrected chi connectivity index (χ2v) is 19.0. The molecule has 0 spiro atoms. The Labute approximate surface area is 380 Å². The van der Waals surface area contributed by atoms with Crippen LogP contribution in [-0.2, 0) is 25.5 Å². The van der Waals surface area contributed by atoms with Gasteiger partial charge in [0.2, 0.25) is 11.8 Å². The number of likely N-dealkylation sites (tertiary alicyclic amines) is 2. The third-order valence-corrected chi connectivity index (χ3v) is 14.6. The van der Waals surface area contributed by atoms with E-state index in [2.05, 4.69) is 66.5 Å². The summed E-state index contributed by atoms with van der Waals surface area (Å²) in [5.74, 6) is -6.57. The standard InChI is InChI=1S/C48H56F4N8O6/c1-6-25-8-7-9-29-28(33-19-53-42(56-33)35-17-47(49,50)22-59(35)37(61)21-55-45(63)65-4)12-13-30(38(25)29)31-14-15-32(40-27-11-10-26(16-27)39(31)40)34-20-54-43(57-34)36-18-48(51,52)23-60(36)44(62)41(24(2)3)58-46(64)66-5/h12-15,19-20,24-27,35-36,41H,6-11,16-18,21-23H2,1-5H3,(H,53,56)(H,54,57)(H,55,63)(H,58,64)/t25?,26?,27?,35?,36-,41?/m0/s1. The Kier molecular flexibility index (Phi) is 11.9. The molecule has 18 heteroatoms. The number of fused-ring (bicyclic) bond motifs is 6. The molecule has 2 saturated heterocycles. The van der Waals surface area contributed by atoms with Crippen molar-refractivity contribution in [2.24, 2.45) is 5.92 Å². The van der Waals surface area contributed by atoms with Crippen LogP contribution in [0.3, 0.4) is 0 Å². The molecule has 3 fully saturated rings. The van der Waals surface area contributed by atoms with Crippen molar-refractivity contribution in [3.8, 4) is 33.6 Å². The van der Waals surface area contributed by atoms with Gasteiger partial charge in [-0.15, -0.1) is 0 Å². The predicted octanol–water partition coefficient (Wildman–Crippen LogP) is 8.88. The van der Waals surface area contributed by atoms with Crippen molar-refractivity contribution in [2.45, 2.75) is 126 Å². The number of benzene rings is 2. The summed E-state index contributed by atoms with van der Waals surface area (Å²) in [7, 11) is 2.33. The number of nitrogens with one attached hydrogen (secondary N) is 4. The maximum absolute atomic E-state index is 15.2. The van der Waals surface area contributed by atoms with E-state index in [1.54, 1.807) is 26.2 Å². The smallest absolute Gasteiger partial charge is 0.407 e. The normalized spacial score (nSPS) is 24.0. The summed E-state index contributed by atoms with van der Waals surface area (Å²) in [6.45, 7) is 3.58. The lowest BCUT2D eigenvalue weighted by atomic mass is 9.73. The highest BCUT2D eigenvalue weighted by atomic mass is 19.3. The van der Waals surface area contributed by atoms with E-state index in [-0.39, 0.29) is 17.6 Å². The number of alkyl carbamates (subject to hydrolysis) is 2. The lowest BCUT2D eigenvalue weighted by Crippen LogP contribution is -2.51. The molecule has 9 rings (SSSR count). The highest BCUT2D eigenvalue weighted by Gasteiger charge is 2.51. The van der Waals surface area contributed by atoms with Crippen molar-refractivity contribution < 1.29 is 46.2 Å². The van der Waals surface area contributed by atoms with E-state index >= 15 is 8.78 Å². The topological polar surface area (TPSA) is 175 Å². The molecule has 4 heterocycles. The van der Waals surface area contributed by atoms with Gasteiger partial charge in [-0.1, -0.05) is 45.0 Å². The van der Waals surface area contributed by atoms with Crippen LogP contribution in [0.15, 0.2) is 36.7 Å². The van der Waals surface area contributed by atoms with Gasteiger partial charge in [-0.3, -0.25) is 9.59 Å². The number of carbonyl (C=O) groups is 4. The Morgan fingerprint density at radius 3 is 1.92 bits per heavy atom. The van der Waals surface area contributed by atoms with Crippen molar-refractivity contribution in [3.05, 3.63) is 70.6 Å². The number of alkyl halides is 4. The van der Waals surface area contributed by atoms with Crippen LogP contribution in [0, 0.1) is 5.92 Å². The fourth-order valence-electron chi connectivity index (χ4n) is 11.6. The van der Waals surface area contributed by atoms with Crippen molar-refractivity contribution in [2.75, 3.05) is 33.9 Å². The zero-order valence-corrected chi connectivity index (χ0v) is 37.7. The lowest BCUT2D eigenvalue weighted by Gasteiger charge is -2.31. The number of H-pyrrole nitrogens is 2. The number of nitrogens with zero attached hydrogens (tertiary/aromatic N) is 4. The first-order valence-electron chi connectivity index (χ1n) is 23.0. The van der Waals surface area contributed by atoms with Crippen molar-refractivity contribution in [3.63, 3.8) is 0 Å². The van der Waals surface area contributed by atoms with Crippen LogP contribution >= 0.6 is 0 Å². The first-order valence-corrected chi connectivity index (χ1v) is 23.0. The summed E-state index contributed by atoms with van der Waals surface area (Å²) in [4.78, 5) is 68.7. The second kappa shape index (κ2) is 17.4. The number of imidazole rings is 2. The minimum absolute atomic E-state index is 0.247. The first-order chi connectivity index (χ1) is 31.5. The number of ether oxygens (including phenoxy) is 2. The number of aromatic amines is 2. The Morgan fingerprint density at radius 1 is 0.773 bits per heavy atom. The lowest BCUT2D eigenvalue weighted by molar-refractivity contribution is -0.136. The summed E-state index contributed by atoms with van der Waals surface area (Å²) in [5.41, 5.74) is 10.6. The molecule has 5 aliphatic rings. The fraction of sp³-hybridized carbons (Fsp3) is 0.542. The number of halogens is 4. The molecular formula is C48H56F4N8O6. The van der Waals surface area contributed by atoms with Crippen molar-refractivity contribution >= 4 is 24.0 Å². The van der Waals surface area contributed by atoms with Gasteiger partial charge >= 0.3 is 12.2 Å². The highest BCUT2D eigenvalue weighted by molar-refractivity contribution is 5.87. The van der Waals surface area contributed by atoms with Crippen molar-refractivity contribution in [1.29, 1.82) is 0 Å². The van der Waals surface area contributed by atoms with E-state index in [0.29, 0.717) is 23.2 Å². The summed E-state index contributed by atoms with van der Waals surface area (Å²) in [6, 6.07) is 5.40. The number of rotatable bonds is 11. The van der Waals surface area contributed by atoms with Crippen LogP contribution in [0.25, 0.3) is 33.6 Å². The van der Waals surface area contributed by atoms with Crippen LogP contribution in [0.5, 0.6) is 0 Å². The van der Waals surface area contributed by atoms with Gasteiger partial charge in [0, 0.05) is 24.0 Å². The van der Waals surface area contributed by atoms with Gasteiger partial charge in [-0.2, -0.15) is 0 Å². The van der Waals surface area contributed by atoms with Gasteiger partial charge < -0.3 is 39.9 Å². The molecule has 66 heavy (non-hydrogen) atoms. The summed E-state index contributed by atoms with van der Waals surface area (Å²) in [6.07, 6.45) is 7.28. The second-order valence-electron chi connectivity index (χ2n) is 19.0. The molecule has 4 amide bonds. The molecule has 2 bridgehead atoms. The first kappa shape index (κ1) is 45.2. The quantitative estimate of drug-likeness (QED) is 0.108. The van der Waals surface area contributed by atoms with Gasteiger partial charge in [0.1, 0.15) is 24.2 Å². The molecule has 5 unspecified atom stereocenters.